The quantitative estimate of drug-likeness (QED) is 0.658. The first kappa shape index (κ1) is 17.6. The maximum absolute atomic E-state index is 11.7. The molecule has 0 bridgehead atoms. The number of carbonyl (C=O) groups is 2. The van der Waals surface area contributed by atoms with E-state index in [2.05, 4.69) is 4.74 Å². The summed E-state index contributed by atoms with van der Waals surface area (Å²) in [6.07, 6.45) is -4.68. The number of carbonyl (C=O) groups excluding carboxylic acids is 1. The smallest absolute Gasteiger partial charge is 0.411 e. The van der Waals surface area contributed by atoms with Crippen LogP contribution in [0, 0.1) is 0 Å². The summed E-state index contributed by atoms with van der Waals surface area (Å²) in [7, 11) is -4.21. The lowest BCUT2D eigenvalue weighted by molar-refractivity contribution is -0.169. The van der Waals surface area contributed by atoms with Gasteiger partial charge in [-0.2, -0.15) is 13.2 Å². The average molecular weight is 307 g/mol. The summed E-state index contributed by atoms with van der Waals surface area (Å²) in [5.41, 5.74) is 0. The molecule has 11 heteroatoms. The van der Waals surface area contributed by atoms with E-state index in [0.717, 1.165) is 6.92 Å². The van der Waals surface area contributed by atoms with E-state index in [9.17, 15) is 31.2 Å². The van der Waals surface area contributed by atoms with Crippen LogP contribution in [0.4, 0.5) is 13.2 Å². The Bertz CT molecular complexity index is 432. The van der Waals surface area contributed by atoms with Gasteiger partial charge in [0, 0.05) is 6.92 Å². The first-order valence-electron chi connectivity index (χ1n) is 4.78. The maximum Gasteiger partial charge on any atom is 0.411 e. The Balaban J connectivity index is 4.48. The Morgan fingerprint density at radius 3 is 2.26 bits per heavy atom. The van der Waals surface area contributed by atoms with Crippen molar-refractivity contribution in [2.75, 3.05) is 18.3 Å². The molecule has 1 unspecified atom stereocenters. The summed E-state index contributed by atoms with van der Waals surface area (Å²) < 4.78 is 61.7. The zero-order chi connectivity index (χ0) is 15.3. The lowest BCUT2D eigenvalue weighted by atomic mass is 10.3. The van der Waals surface area contributed by atoms with Gasteiger partial charge in [-0.25, -0.2) is 13.2 Å². The van der Waals surface area contributed by atoms with Crippen molar-refractivity contribution in [3.05, 3.63) is 0 Å². The molecule has 1 amide bonds. The standard InChI is InChI=1S/C8H12F3NO6S/c1-5(13)12-6(7(14)15)2-19(16,17)4-18-3-8(9,10)11/h6H,2-4H2,1H3,(H,12,13)(H,14,15). The van der Waals surface area contributed by atoms with Crippen LogP contribution in [-0.4, -0.2) is 55.9 Å². The van der Waals surface area contributed by atoms with Crippen molar-refractivity contribution < 1.29 is 41.0 Å². The van der Waals surface area contributed by atoms with Gasteiger partial charge < -0.3 is 15.2 Å². The third-order valence-corrected chi connectivity index (χ3v) is 2.99. The molecule has 7 nitrogen and oxygen atoms in total. The van der Waals surface area contributed by atoms with Gasteiger partial charge in [0.2, 0.25) is 5.91 Å². The number of rotatable bonds is 7. The summed E-state index contributed by atoms with van der Waals surface area (Å²) in [4.78, 5) is 21.3. The molecule has 112 valence electrons. The van der Waals surface area contributed by atoms with Crippen LogP contribution in [0.25, 0.3) is 0 Å². The zero-order valence-electron chi connectivity index (χ0n) is 9.73. The Kier molecular flexibility index (Phi) is 6.22. The van der Waals surface area contributed by atoms with Crippen LogP contribution >= 0.6 is 0 Å². The molecule has 0 spiro atoms. The number of hydrogen-bond donors (Lipinski definition) is 2. The van der Waals surface area contributed by atoms with E-state index < -0.39 is 52.2 Å². The van der Waals surface area contributed by atoms with Gasteiger partial charge in [0.05, 0.1) is 5.75 Å². The van der Waals surface area contributed by atoms with Gasteiger partial charge in [0.1, 0.15) is 18.6 Å². The monoisotopic (exact) mass is 307 g/mol. The minimum atomic E-state index is -4.68. The summed E-state index contributed by atoms with van der Waals surface area (Å²) in [6.45, 7) is -0.785. The SMILES string of the molecule is CC(=O)NC(CS(=O)(=O)COCC(F)(F)F)C(=O)O. The number of aliphatic carboxylic acids is 1. The van der Waals surface area contributed by atoms with E-state index in [1.807, 2.05) is 5.32 Å². The highest BCUT2D eigenvalue weighted by Crippen LogP contribution is 2.14. The van der Waals surface area contributed by atoms with Crippen LogP contribution in [0.2, 0.25) is 0 Å². The molecule has 2 N–H and O–H groups in total. The third kappa shape index (κ3) is 9.25. The normalized spacial score (nSPS) is 13.9. The molecule has 0 aliphatic heterocycles. The van der Waals surface area contributed by atoms with Gasteiger partial charge in [0.25, 0.3) is 0 Å². The van der Waals surface area contributed by atoms with E-state index in [1.54, 1.807) is 0 Å². The number of nitrogens with one attached hydrogen (secondary N) is 1. The second kappa shape index (κ2) is 6.70. The van der Waals surface area contributed by atoms with Gasteiger partial charge in [-0.1, -0.05) is 0 Å². The number of halogens is 3. The summed E-state index contributed by atoms with van der Waals surface area (Å²) in [6, 6.07) is -1.74. The first-order chi connectivity index (χ1) is 8.43. The van der Waals surface area contributed by atoms with E-state index >= 15 is 0 Å². The van der Waals surface area contributed by atoms with Crippen LogP contribution < -0.4 is 5.32 Å². The van der Waals surface area contributed by atoms with Gasteiger partial charge >= 0.3 is 12.1 Å². The molecule has 0 saturated carbocycles. The highest BCUT2D eigenvalue weighted by Gasteiger charge is 2.30. The van der Waals surface area contributed by atoms with Crippen LogP contribution in [-0.2, 0) is 24.2 Å². The molecule has 0 heterocycles. The fourth-order valence-corrected chi connectivity index (χ4v) is 2.17. The minimum Gasteiger partial charge on any atom is -0.480 e. The summed E-state index contributed by atoms with van der Waals surface area (Å²) in [5.74, 6) is -4.73. The summed E-state index contributed by atoms with van der Waals surface area (Å²) >= 11 is 0. The zero-order valence-corrected chi connectivity index (χ0v) is 10.5. The molecule has 19 heavy (non-hydrogen) atoms. The number of amides is 1. The molecule has 0 aromatic heterocycles. The van der Waals surface area contributed by atoms with Crippen LogP contribution in [0.3, 0.4) is 0 Å². The predicted octanol–water partition coefficient (Wildman–Crippen LogP) is -0.473. The van der Waals surface area contributed by atoms with Crippen molar-refractivity contribution in [1.29, 1.82) is 0 Å². The molecule has 0 saturated heterocycles. The number of ether oxygens (including phenoxy) is 1. The highest BCUT2D eigenvalue weighted by atomic mass is 32.2. The molecule has 0 fully saturated rings. The van der Waals surface area contributed by atoms with Gasteiger partial charge in [-0.3, -0.25) is 4.79 Å². The van der Waals surface area contributed by atoms with E-state index in [0.29, 0.717) is 0 Å². The van der Waals surface area contributed by atoms with Crippen LogP contribution in [0.1, 0.15) is 6.92 Å². The average Bonchev–Trinajstić information content (AvgIpc) is 2.12. The molecule has 0 aromatic carbocycles. The lowest BCUT2D eigenvalue weighted by Gasteiger charge is -2.14. The number of carboxylic acid groups (broad SMARTS) is 1. The second-order valence-corrected chi connectivity index (χ2v) is 5.64. The molecular weight excluding hydrogens is 295 g/mol. The molecule has 0 aliphatic carbocycles. The number of alkyl halides is 3. The van der Waals surface area contributed by atoms with E-state index in [4.69, 9.17) is 5.11 Å². The Labute approximate surface area is 106 Å². The van der Waals surface area contributed by atoms with Gasteiger partial charge in [-0.15, -0.1) is 0 Å². The number of hydrogen-bond acceptors (Lipinski definition) is 5. The van der Waals surface area contributed by atoms with Crippen molar-refractivity contribution in [3.8, 4) is 0 Å². The van der Waals surface area contributed by atoms with Crippen LogP contribution in [0.5, 0.6) is 0 Å². The van der Waals surface area contributed by atoms with Crippen molar-refractivity contribution >= 4 is 21.7 Å². The van der Waals surface area contributed by atoms with Crippen LogP contribution in [0.15, 0.2) is 0 Å². The molecular formula is C8H12F3NO6S. The van der Waals surface area contributed by atoms with Crippen molar-refractivity contribution in [2.24, 2.45) is 0 Å². The predicted molar refractivity (Wildman–Crippen MR) is 55.9 cm³/mol. The van der Waals surface area contributed by atoms with Gasteiger partial charge in [-0.05, 0) is 0 Å². The maximum atomic E-state index is 11.7. The number of carboxylic acids is 1. The van der Waals surface area contributed by atoms with Crippen molar-refractivity contribution in [1.82, 2.24) is 5.32 Å². The Morgan fingerprint density at radius 2 is 1.89 bits per heavy atom. The Hall–Kier alpha value is -1.36. The number of sulfone groups is 1. The Morgan fingerprint density at radius 1 is 1.37 bits per heavy atom. The van der Waals surface area contributed by atoms with Gasteiger partial charge in [0.15, 0.2) is 9.84 Å². The fourth-order valence-electron chi connectivity index (χ4n) is 1.01. The minimum absolute atomic E-state index is 0.779. The van der Waals surface area contributed by atoms with Crippen molar-refractivity contribution in [3.63, 3.8) is 0 Å². The molecule has 0 radical (unpaired) electrons. The summed E-state index contributed by atoms with van der Waals surface area (Å²) in [5, 5.41) is 10.5. The van der Waals surface area contributed by atoms with Crippen molar-refractivity contribution in [2.45, 2.75) is 19.1 Å². The van der Waals surface area contributed by atoms with E-state index in [-0.39, 0.29) is 0 Å². The first-order valence-corrected chi connectivity index (χ1v) is 6.60. The second-order valence-electron chi connectivity index (χ2n) is 3.58. The lowest BCUT2D eigenvalue weighted by Crippen LogP contribution is -2.45. The molecule has 0 aromatic rings. The topological polar surface area (TPSA) is 110 Å². The molecule has 0 aliphatic rings. The largest absolute Gasteiger partial charge is 0.480 e. The fraction of sp³-hybridized carbons (Fsp3) is 0.750. The highest BCUT2D eigenvalue weighted by molar-refractivity contribution is 7.91. The molecule has 1 atom stereocenters. The third-order valence-electron chi connectivity index (χ3n) is 1.62. The van der Waals surface area contributed by atoms with E-state index in [1.165, 1.54) is 0 Å². The molecule has 0 rings (SSSR count).